The van der Waals surface area contributed by atoms with Crippen molar-refractivity contribution in [2.45, 2.75) is 31.4 Å². The lowest BCUT2D eigenvalue weighted by Gasteiger charge is -2.08. The second kappa shape index (κ2) is 4.70. The molecule has 0 saturated heterocycles. The Morgan fingerprint density at radius 2 is 2.27 bits per heavy atom. The van der Waals surface area contributed by atoms with Crippen LogP contribution in [0.3, 0.4) is 0 Å². The summed E-state index contributed by atoms with van der Waals surface area (Å²) in [6.07, 6.45) is 4.46. The molecule has 1 aliphatic carbocycles. The van der Waals surface area contributed by atoms with E-state index in [1.54, 1.807) is 0 Å². The zero-order chi connectivity index (χ0) is 10.7. The first-order valence-electron chi connectivity index (χ1n) is 5.09. The molecule has 15 heavy (non-hydrogen) atoms. The van der Waals surface area contributed by atoms with E-state index in [1.807, 2.05) is 0 Å². The number of carbonyl (C=O) groups is 1. The van der Waals surface area contributed by atoms with Crippen molar-refractivity contribution in [3.8, 4) is 0 Å². The molecule has 5 heteroatoms. The molecule has 0 saturated carbocycles. The fourth-order valence-electron chi connectivity index (χ4n) is 1.81. The summed E-state index contributed by atoms with van der Waals surface area (Å²) in [5.74, 6) is 1.83. The molecule has 0 unspecified atom stereocenters. The minimum atomic E-state index is -0.280. The summed E-state index contributed by atoms with van der Waals surface area (Å²) in [6, 6.07) is 0. The van der Waals surface area contributed by atoms with E-state index in [4.69, 9.17) is 10.3 Å². The Kier molecular flexibility index (Phi) is 3.30. The summed E-state index contributed by atoms with van der Waals surface area (Å²) in [4.78, 5) is 10.6. The van der Waals surface area contributed by atoms with Crippen LogP contribution in [0, 0.1) is 0 Å². The maximum absolute atomic E-state index is 10.6. The predicted octanol–water partition coefficient (Wildman–Crippen LogP) is 1.27. The van der Waals surface area contributed by atoms with Gasteiger partial charge in [-0.2, -0.15) is 0 Å². The molecule has 82 valence electrons. The van der Waals surface area contributed by atoms with Gasteiger partial charge in [-0.1, -0.05) is 5.16 Å². The Balaban J connectivity index is 1.96. The first kappa shape index (κ1) is 10.5. The number of rotatable bonds is 4. The summed E-state index contributed by atoms with van der Waals surface area (Å²) >= 11 is 1.49. The number of aryl methyl sites for hydroxylation is 1. The molecular weight excluding hydrogens is 212 g/mol. The average Bonchev–Trinajstić information content (AvgIpc) is 2.62. The molecule has 0 radical (unpaired) electrons. The summed E-state index contributed by atoms with van der Waals surface area (Å²) in [5, 5.41) is 4.05. The predicted molar refractivity (Wildman–Crippen MR) is 58.5 cm³/mol. The van der Waals surface area contributed by atoms with Gasteiger partial charge in [0.15, 0.2) is 0 Å². The van der Waals surface area contributed by atoms with Crippen LogP contribution in [0.2, 0.25) is 0 Å². The first-order valence-corrected chi connectivity index (χ1v) is 6.25. The number of carbonyl (C=O) groups excluding carboxylic acids is 1. The molecule has 0 atom stereocenters. The number of amides is 1. The van der Waals surface area contributed by atoms with Crippen molar-refractivity contribution in [1.82, 2.24) is 5.16 Å². The minimum Gasteiger partial charge on any atom is -0.369 e. The quantitative estimate of drug-likeness (QED) is 0.839. The number of aromatic nitrogens is 1. The van der Waals surface area contributed by atoms with E-state index in [2.05, 4.69) is 5.16 Å². The zero-order valence-corrected chi connectivity index (χ0v) is 9.31. The van der Waals surface area contributed by atoms with E-state index in [9.17, 15) is 4.79 Å². The lowest BCUT2D eigenvalue weighted by atomic mass is 9.97. The molecule has 1 amide bonds. The van der Waals surface area contributed by atoms with Gasteiger partial charge in [-0.05, 0) is 19.3 Å². The van der Waals surface area contributed by atoms with Gasteiger partial charge in [0, 0.05) is 17.7 Å². The van der Waals surface area contributed by atoms with Crippen molar-refractivity contribution < 1.29 is 9.32 Å². The zero-order valence-electron chi connectivity index (χ0n) is 8.49. The van der Waals surface area contributed by atoms with Gasteiger partial charge in [0.05, 0.1) is 11.4 Å². The third-order valence-electron chi connectivity index (χ3n) is 2.51. The maximum atomic E-state index is 10.6. The molecule has 0 aliphatic heterocycles. The van der Waals surface area contributed by atoms with Crippen LogP contribution < -0.4 is 5.73 Å². The van der Waals surface area contributed by atoms with Crippen molar-refractivity contribution in [3.63, 3.8) is 0 Å². The van der Waals surface area contributed by atoms with E-state index in [0.717, 1.165) is 30.0 Å². The van der Waals surface area contributed by atoms with Crippen molar-refractivity contribution in [2.24, 2.45) is 5.73 Å². The Morgan fingerprint density at radius 3 is 3.07 bits per heavy atom. The molecule has 1 aromatic rings. The largest absolute Gasteiger partial charge is 0.369 e. The smallest absolute Gasteiger partial charge is 0.227 e. The molecule has 0 fully saturated rings. The number of thioether (sulfide) groups is 1. The molecule has 0 spiro atoms. The van der Waals surface area contributed by atoms with E-state index >= 15 is 0 Å². The van der Waals surface area contributed by atoms with Gasteiger partial charge >= 0.3 is 0 Å². The van der Waals surface area contributed by atoms with Crippen LogP contribution >= 0.6 is 11.8 Å². The van der Waals surface area contributed by atoms with Gasteiger partial charge in [-0.25, -0.2) is 0 Å². The van der Waals surface area contributed by atoms with Crippen LogP contribution in [0.5, 0.6) is 0 Å². The van der Waals surface area contributed by atoms with E-state index in [1.165, 1.54) is 30.2 Å². The van der Waals surface area contributed by atoms with Crippen LogP contribution in [-0.2, 0) is 23.4 Å². The van der Waals surface area contributed by atoms with Gasteiger partial charge in [0.2, 0.25) is 5.91 Å². The molecule has 0 bridgehead atoms. The normalized spacial score (nSPS) is 14.9. The fraction of sp³-hybridized carbons (Fsp3) is 0.600. The van der Waals surface area contributed by atoms with E-state index in [-0.39, 0.29) is 5.91 Å². The van der Waals surface area contributed by atoms with Gasteiger partial charge in [-0.3, -0.25) is 4.79 Å². The Hall–Kier alpha value is -0.970. The third kappa shape index (κ3) is 2.53. The van der Waals surface area contributed by atoms with Crippen molar-refractivity contribution in [2.75, 3.05) is 5.75 Å². The molecule has 2 rings (SSSR count). The van der Waals surface area contributed by atoms with Crippen LogP contribution in [0.25, 0.3) is 0 Å². The van der Waals surface area contributed by atoms with Crippen LogP contribution in [0.4, 0.5) is 0 Å². The average molecular weight is 226 g/mol. The highest BCUT2D eigenvalue weighted by Crippen LogP contribution is 2.26. The summed E-state index contributed by atoms with van der Waals surface area (Å²) in [5.41, 5.74) is 7.32. The van der Waals surface area contributed by atoms with Gasteiger partial charge in [0.25, 0.3) is 0 Å². The molecule has 1 aliphatic rings. The minimum absolute atomic E-state index is 0.280. The van der Waals surface area contributed by atoms with Gasteiger partial charge in [-0.15, -0.1) is 11.8 Å². The van der Waals surface area contributed by atoms with E-state index < -0.39 is 0 Å². The van der Waals surface area contributed by atoms with Crippen molar-refractivity contribution in [1.29, 1.82) is 0 Å². The second-order valence-electron chi connectivity index (χ2n) is 3.70. The van der Waals surface area contributed by atoms with Gasteiger partial charge < -0.3 is 10.3 Å². The van der Waals surface area contributed by atoms with Crippen molar-refractivity contribution >= 4 is 17.7 Å². The molecule has 4 nitrogen and oxygen atoms in total. The highest BCUT2D eigenvalue weighted by molar-refractivity contribution is 7.99. The number of nitrogens with zero attached hydrogens (tertiary/aromatic N) is 1. The monoisotopic (exact) mass is 226 g/mol. The summed E-state index contributed by atoms with van der Waals surface area (Å²) in [7, 11) is 0. The van der Waals surface area contributed by atoms with Crippen LogP contribution in [0.1, 0.15) is 29.9 Å². The summed E-state index contributed by atoms with van der Waals surface area (Å²) < 4.78 is 5.27. The number of hydrogen-bond donors (Lipinski definition) is 1. The molecule has 2 N–H and O–H groups in total. The number of hydrogen-bond acceptors (Lipinski definition) is 4. The standard InChI is InChI=1S/C10H14N2O2S/c11-10(13)6-15-5-8-7-3-1-2-4-9(7)14-12-8/h1-6H2,(H2,11,13). The lowest BCUT2D eigenvalue weighted by Crippen LogP contribution is -2.13. The van der Waals surface area contributed by atoms with Crippen LogP contribution in [-0.4, -0.2) is 16.8 Å². The topological polar surface area (TPSA) is 69.1 Å². The Morgan fingerprint density at radius 1 is 1.47 bits per heavy atom. The SMILES string of the molecule is NC(=O)CSCc1noc2c1CCCC2. The van der Waals surface area contributed by atoms with E-state index in [0.29, 0.717) is 5.75 Å². The number of nitrogens with two attached hydrogens (primary N) is 1. The molecule has 0 aromatic carbocycles. The Bertz CT molecular complexity index is 362. The van der Waals surface area contributed by atoms with Gasteiger partial charge in [0.1, 0.15) is 5.76 Å². The highest BCUT2D eigenvalue weighted by Gasteiger charge is 2.18. The lowest BCUT2D eigenvalue weighted by molar-refractivity contribution is -0.115. The first-order chi connectivity index (χ1) is 7.27. The number of primary amides is 1. The third-order valence-corrected chi connectivity index (χ3v) is 3.48. The summed E-state index contributed by atoms with van der Waals surface area (Å²) in [6.45, 7) is 0. The van der Waals surface area contributed by atoms with Crippen LogP contribution in [0.15, 0.2) is 4.52 Å². The molecular formula is C10H14N2O2S. The van der Waals surface area contributed by atoms with Crippen molar-refractivity contribution in [3.05, 3.63) is 17.0 Å². The Labute approximate surface area is 92.6 Å². The second-order valence-corrected chi connectivity index (χ2v) is 4.68. The fourth-order valence-corrected chi connectivity index (χ4v) is 2.53. The highest BCUT2D eigenvalue weighted by atomic mass is 32.2. The molecule has 1 heterocycles. The molecule has 1 aromatic heterocycles. The maximum Gasteiger partial charge on any atom is 0.227 e. The number of fused-ring (bicyclic) bond motifs is 1.